The number of piperidine rings is 2. The quantitative estimate of drug-likeness (QED) is 0.292. The third-order valence-electron chi connectivity index (χ3n) is 6.71. The van der Waals surface area contributed by atoms with Gasteiger partial charge in [0, 0.05) is 38.6 Å². The molecule has 0 aromatic rings. The number of guanidine groups is 1. The lowest BCUT2D eigenvalue weighted by Gasteiger charge is -2.35. The summed E-state index contributed by atoms with van der Waals surface area (Å²) < 4.78 is 0. The van der Waals surface area contributed by atoms with Gasteiger partial charge in [0.1, 0.15) is 0 Å². The Morgan fingerprint density at radius 3 is 2.17 bits per heavy atom. The smallest absolute Gasteiger partial charge is 0.225 e. The molecule has 2 aliphatic heterocycles. The molecule has 2 N–H and O–H groups in total. The molecule has 2 aliphatic rings. The van der Waals surface area contributed by atoms with Gasteiger partial charge in [0.25, 0.3) is 0 Å². The van der Waals surface area contributed by atoms with Crippen LogP contribution in [0.4, 0.5) is 0 Å². The van der Waals surface area contributed by atoms with Crippen LogP contribution in [0.3, 0.4) is 0 Å². The standard InChI is InChI=1S/C22H43N5O.HI/c1-5-19(6-2)21(28)27-16-11-20(12-17-27)25-22(23-4)24-13-8-18-9-14-26(7-3)15-10-18;/h18-20H,5-17H2,1-4H3,(H2,23,24,25);1H. The monoisotopic (exact) mass is 521 g/mol. The third kappa shape index (κ3) is 8.59. The highest BCUT2D eigenvalue weighted by Gasteiger charge is 2.27. The molecule has 0 saturated carbocycles. The van der Waals surface area contributed by atoms with E-state index in [-0.39, 0.29) is 29.9 Å². The minimum absolute atomic E-state index is 0. The first kappa shape index (κ1) is 26.5. The van der Waals surface area contributed by atoms with Gasteiger partial charge in [0.05, 0.1) is 0 Å². The Kier molecular flexibility index (Phi) is 13.2. The van der Waals surface area contributed by atoms with Crippen molar-refractivity contribution in [1.29, 1.82) is 0 Å². The third-order valence-corrected chi connectivity index (χ3v) is 6.71. The van der Waals surface area contributed by atoms with Gasteiger partial charge in [-0.05, 0) is 70.5 Å². The van der Waals surface area contributed by atoms with Gasteiger partial charge in [-0.1, -0.05) is 20.8 Å². The summed E-state index contributed by atoms with van der Waals surface area (Å²) in [5, 5.41) is 7.07. The number of halogens is 1. The van der Waals surface area contributed by atoms with E-state index in [0.717, 1.165) is 57.2 Å². The first-order valence-electron chi connectivity index (χ1n) is 11.6. The summed E-state index contributed by atoms with van der Waals surface area (Å²) in [7, 11) is 1.85. The van der Waals surface area contributed by atoms with Gasteiger partial charge in [-0.25, -0.2) is 0 Å². The second-order valence-electron chi connectivity index (χ2n) is 8.42. The number of likely N-dealkylation sites (tertiary alicyclic amines) is 2. The number of nitrogens with one attached hydrogen (secondary N) is 2. The van der Waals surface area contributed by atoms with Crippen LogP contribution in [0.1, 0.15) is 65.7 Å². The molecule has 29 heavy (non-hydrogen) atoms. The lowest BCUT2D eigenvalue weighted by molar-refractivity contribution is -0.136. The van der Waals surface area contributed by atoms with Crippen LogP contribution in [-0.2, 0) is 4.79 Å². The minimum Gasteiger partial charge on any atom is -0.356 e. The molecule has 0 atom stereocenters. The number of amides is 1. The van der Waals surface area contributed by atoms with Crippen LogP contribution >= 0.6 is 24.0 Å². The van der Waals surface area contributed by atoms with Gasteiger partial charge in [0.15, 0.2) is 5.96 Å². The molecule has 0 aromatic carbocycles. The van der Waals surface area contributed by atoms with E-state index in [0.29, 0.717) is 11.9 Å². The van der Waals surface area contributed by atoms with E-state index in [4.69, 9.17) is 0 Å². The van der Waals surface area contributed by atoms with Crippen LogP contribution in [0.15, 0.2) is 4.99 Å². The molecule has 1 amide bonds. The minimum atomic E-state index is 0. The maximum Gasteiger partial charge on any atom is 0.225 e. The fourth-order valence-electron chi connectivity index (χ4n) is 4.51. The van der Waals surface area contributed by atoms with Crippen LogP contribution in [0.25, 0.3) is 0 Å². The zero-order valence-electron chi connectivity index (χ0n) is 19.1. The zero-order chi connectivity index (χ0) is 20.4. The largest absolute Gasteiger partial charge is 0.356 e. The molecule has 2 rings (SSSR count). The van der Waals surface area contributed by atoms with Crippen molar-refractivity contribution >= 4 is 35.8 Å². The Bertz CT molecular complexity index is 482. The molecule has 0 aliphatic carbocycles. The maximum atomic E-state index is 12.5. The van der Waals surface area contributed by atoms with Crippen LogP contribution in [0.5, 0.6) is 0 Å². The van der Waals surface area contributed by atoms with Crippen LogP contribution in [-0.4, -0.2) is 74.0 Å². The molecular formula is C22H44IN5O. The second-order valence-corrected chi connectivity index (χ2v) is 8.42. The van der Waals surface area contributed by atoms with Gasteiger partial charge >= 0.3 is 0 Å². The summed E-state index contributed by atoms with van der Waals surface area (Å²) in [6.45, 7) is 12.9. The Balaban J connectivity index is 0.00000420. The molecule has 0 radical (unpaired) electrons. The average Bonchev–Trinajstić information content (AvgIpc) is 2.74. The molecule has 7 heteroatoms. The van der Waals surface area contributed by atoms with Crippen molar-refractivity contribution in [3.8, 4) is 0 Å². The fraction of sp³-hybridized carbons (Fsp3) is 0.909. The summed E-state index contributed by atoms with van der Waals surface area (Å²) in [6.07, 6.45) is 7.77. The molecule has 6 nitrogen and oxygen atoms in total. The van der Waals surface area contributed by atoms with Crippen LogP contribution in [0.2, 0.25) is 0 Å². The van der Waals surface area contributed by atoms with E-state index in [1.54, 1.807) is 0 Å². The zero-order valence-corrected chi connectivity index (χ0v) is 21.4. The van der Waals surface area contributed by atoms with E-state index in [1.807, 2.05) is 7.05 Å². The molecule has 170 valence electrons. The fourth-order valence-corrected chi connectivity index (χ4v) is 4.51. The van der Waals surface area contributed by atoms with Gasteiger partial charge in [0.2, 0.25) is 5.91 Å². The van der Waals surface area contributed by atoms with E-state index in [1.165, 1.54) is 38.9 Å². The Hall–Kier alpha value is -0.570. The molecule has 2 saturated heterocycles. The van der Waals surface area contributed by atoms with E-state index >= 15 is 0 Å². The number of hydrogen-bond donors (Lipinski definition) is 2. The molecular weight excluding hydrogens is 477 g/mol. The molecule has 2 fully saturated rings. The summed E-state index contributed by atoms with van der Waals surface area (Å²) in [5.74, 6) is 2.30. The Morgan fingerprint density at radius 1 is 1.03 bits per heavy atom. The molecule has 0 unspecified atom stereocenters. The normalized spacial score (nSPS) is 19.9. The predicted octanol–water partition coefficient (Wildman–Crippen LogP) is 3.32. The second kappa shape index (κ2) is 14.4. The van der Waals surface area contributed by atoms with E-state index < -0.39 is 0 Å². The number of rotatable bonds is 8. The van der Waals surface area contributed by atoms with Crippen molar-refractivity contribution in [2.45, 2.75) is 71.8 Å². The summed E-state index contributed by atoms with van der Waals surface area (Å²) in [4.78, 5) is 21.6. The van der Waals surface area contributed by atoms with Gasteiger partial charge < -0.3 is 20.4 Å². The maximum absolute atomic E-state index is 12.5. The van der Waals surface area contributed by atoms with Crippen molar-refractivity contribution in [3.05, 3.63) is 0 Å². The number of nitrogens with zero attached hydrogens (tertiary/aromatic N) is 3. The van der Waals surface area contributed by atoms with Crippen LogP contribution < -0.4 is 10.6 Å². The van der Waals surface area contributed by atoms with Crippen molar-refractivity contribution in [1.82, 2.24) is 20.4 Å². The molecule has 0 bridgehead atoms. The first-order valence-corrected chi connectivity index (χ1v) is 11.6. The molecule has 0 aromatic heterocycles. The van der Waals surface area contributed by atoms with Crippen LogP contribution in [0, 0.1) is 11.8 Å². The number of aliphatic imine (C=N–C) groups is 1. The highest BCUT2D eigenvalue weighted by molar-refractivity contribution is 14.0. The van der Waals surface area contributed by atoms with Gasteiger partial charge in [-0.2, -0.15) is 0 Å². The van der Waals surface area contributed by atoms with E-state index in [2.05, 4.69) is 46.2 Å². The van der Waals surface area contributed by atoms with Gasteiger partial charge in [-0.15, -0.1) is 24.0 Å². The predicted molar refractivity (Wildman–Crippen MR) is 133 cm³/mol. The van der Waals surface area contributed by atoms with Gasteiger partial charge in [-0.3, -0.25) is 9.79 Å². The topological polar surface area (TPSA) is 60.0 Å². The number of carbonyl (C=O) groups is 1. The van der Waals surface area contributed by atoms with Crippen molar-refractivity contribution in [2.75, 3.05) is 46.3 Å². The van der Waals surface area contributed by atoms with Crippen molar-refractivity contribution in [2.24, 2.45) is 16.8 Å². The Morgan fingerprint density at radius 2 is 1.66 bits per heavy atom. The highest BCUT2D eigenvalue weighted by Crippen LogP contribution is 2.20. The number of carbonyl (C=O) groups excluding carboxylic acids is 1. The lowest BCUT2D eigenvalue weighted by Crippen LogP contribution is -2.50. The van der Waals surface area contributed by atoms with Crippen molar-refractivity contribution in [3.63, 3.8) is 0 Å². The van der Waals surface area contributed by atoms with Crippen molar-refractivity contribution < 1.29 is 4.79 Å². The highest BCUT2D eigenvalue weighted by atomic mass is 127. The summed E-state index contributed by atoms with van der Waals surface area (Å²) in [6, 6.07) is 0.407. The summed E-state index contributed by atoms with van der Waals surface area (Å²) >= 11 is 0. The summed E-state index contributed by atoms with van der Waals surface area (Å²) in [5.41, 5.74) is 0. The average molecular weight is 522 g/mol. The van der Waals surface area contributed by atoms with E-state index in [9.17, 15) is 4.79 Å². The SMILES string of the molecule is CCC(CC)C(=O)N1CCC(NC(=NC)NCCC2CCN(CC)CC2)CC1.I. The lowest BCUT2D eigenvalue weighted by atomic mass is 9.93. The number of hydrogen-bond acceptors (Lipinski definition) is 3. The molecule has 2 heterocycles. The first-order chi connectivity index (χ1) is 13.6. The Labute approximate surface area is 195 Å². The molecule has 0 spiro atoms.